The van der Waals surface area contributed by atoms with Crippen molar-refractivity contribution in [3.05, 3.63) is 87.4 Å². The van der Waals surface area contributed by atoms with Crippen molar-refractivity contribution in [3.8, 4) is 0 Å². The maximum absolute atomic E-state index is 12.6. The summed E-state index contributed by atoms with van der Waals surface area (Å²) >= 11 is 18.0. The molecule has 0 saturated heterocycles. The van der Waals surface area contributed by atoms with Crippen LogP contribution in [0.15, 0.2) is 71.6 Å². The van der Waals surface area contributed by atoms with Crippen LogP contribution in [-0.4, -0.2) is 14.3 Å². The highest BCUT2D eigenvalue weighted by Gasteiger charge is 2.17. The second-order valence-electron chi connectivity index (χ2n) is 5.69. The minimum atomic E-state index is -3.80. The van der Waals surface area contributed by atoms with Crippen LogP contribution in [-0.2, 0) is 10.0 Å². The summed E-state index contributed by atoms with van der Waals surface area (Å²) in [6, 6.07) is 16.8. The molecule has 3 aromatic rings. The van der Waals surface area contributed by atoms with Gasteiger partial charge in [0.1, 0.15) is 0 Å². The number of benzene rings is 3. The summed E-state index contributed by atoms with van der Waals surface area (Å²) in [5.41, 5.74) is 0.629. The van der Waals surface area contributed by atoms with Gasteiger partial charge in [-0.15, -0.1) is 0 Å². The fourth-order valence-electron chi connectivity index (χ4n) is 2.36. The van der Waals surface area contributed by atoms with E-state index in [2.05, 4.69) is 10.0 Å². The molecule has 2 N–H and O–H groups in total. The summed E-state index contributed by atoms with van der Waals surface area (Å²) in [4.78, 5) is 12.7. The normalized spacial score (nSPS) is 11.1. The van der Waals surface area contributed by atoms with Crippen molar-refractivity contribution >= 4 is 62.1 Å². The summed E-state index contributed by atoms with van der Waals surface area (Å²) in [5, 5.41) is 3.47. The smallest absolute Gasteiger partial charge is 0.261 e. The van der Waals surface area contributed by atoms with Gasteiger partial charge in [-0.05, 0) is 48.5 Å². The second-order valence-corrected chi connectivity index (χ2v) is 8.62. The van der Waals surface area contributed by atoms with Gasteiger partial charge in [-0.2, -0.15) is 0 Å². The average molecular weight is 456 g/mol. The molecule has 1 amide bonds. The van der Waals surface area contributed by atoms with Gasteiger partial charge in [0.15, 0.2) is 0 Å². The minimum Gasteiger partial charge on any atom is -0.321 e. The molecule has 0 aliphatic heterocycles. The standard InChI is InChI=1S/C19H13Cl3N2O3S/c20-12-6-9-18(17(22)10-12)23-19(25)15-11-13(7-8-16(15)21)24-28(26,27)14-4-2-1-3-5-14/h1-11,24H,(H,23,25). The molecular formula is C19H13Cl3N2O3S. The first kappa shape index (κ1) is 20.5. The molecule has 0 aliphatic carbocycles. The molecule has 0 aromatic heterocycles. The van der Waals surface area contributed by atoms with Crippen LogP contribution in [0.1, 0.15) is 10.4 Å². The second kappa shape index (κ2) is 8.41. The number of carbonyl (C=O) groups excluding carboxylic acids is 1. The highest BCUT2D eigenvalue weighted by atomic mass is 35.5. The predicted molar refractivity (Wildman–Crippen MR) is 113 cm³/mol. The van der Waals surface area contributed by atoms with Gasteiger partial charge in [-0.1, -0.05) is 53.0 Å². The highest BCUT2D eigenvalue weighted by Crippen LogP contribution is 2.28. The van der Waals surface area contributed by atoms with E-state index >= 15 is 0 Å². The summed E-state index contributed by atoms with van der Waals surface area (Å²) in [5.74, 6) is -0.546. The molecule has 0 fully saturated rings. The predicted octanol–water partition coefficient (Wildman–Crippen LogP) is 5.70. The third kappa shape index (κ3) is 4.77. The van der Waals surface area contributed by atoms with Crippen LogP contribution in [0.3, 0.4) is 0 Å². The summed E-state index contributed by atoms with van der Waals surface area (Å²) in [7, 11) is -3.80. The van der Waals surface area contributed by atoms with E-state index in [-0.39, 0.29) is 26.2 Å². The molecule has 0 heterocycles. The van der Waals surface area contributed by atoms with Gasteiger partial charge in [0.05, 0.1) is 26.2 Å². The highest BCUT2D eigenvalue weighted by molar-refractivity contribution is 7.92. The fraction of sp³-hybridized carbons (Fsp3) is 0. The first-order valence-corrected chi connectivity index (χ1v) is 10.5. The Hall–Kier alpha value is -2.25. The lowest BCUT2D eigenvalue weighted by Crippen LogP contribution is -2.15. The van der Waals surface area contributed by atoms with E-state index in [4.69, 9.17) is 34.8 Å². The third-order valence-electron chi connectivity index (χ3n) is 3.70. The van der Waals surface area contributed by atoms with Gasteiger partial charge in [-0.3, -0.25) is 9.52 Å². The zero-order valence-corrected chi connectivity index (χ0v) is 17.2. The molecule has 0 unspecified atom stereocenters. The zero-order chi connectivity index (χ0) is 20.3. The molecule has 0 spiro atoms. The van der Waals surface area contributed by atoms with Crippen molar-refractivity contribution in [2.45, 2.75) is 4.90 Å². The first-order valence-electron chi connectivity index (χ1n) is 7.90. The van der Waals surface area contributed by atoms with Gasteiger partial charge in [0.2, 0.25) is 0 Å². The Morgan fingerprint density at radius 3 is 2.21 bits per heavy atom. The number of amides is 1. The molecular weight excluding hydrogens is 443 g/mol. The maximum atomic E-state index is 12.6. The van der Waals surface area contributed by atoms with Gasteiger partial charge in [0, 0.05) is 10.7 Å². The van der Waals surface area contributed by atoms with Gasteiger partial charge >= 0.3 is 0 Å². The fourth-order valence-corrected chi connectivity index (χ4v) is 4.09. The van der Waals surface area contributed by atoms with Crippen LogP contribution in [0, 0.1) is 0 Å². The SMILES string of the molecule is O=C(Nc1ccc(Cl)cc1Cl)c1cc(NS(=O)(=O)c2ccccc2)ccc1Cl. The van der Waals surface area contributed by atoms with Crippen molar-refractivity contribution in [2.24, 2.45) is 0 Å². The molecule has 0 saturated carbocycles. The molecule has 28 heavy (non-hydrogen) atoms. The van der Waals surface area contributed by atoms with Gasteiger partial charge in [0.25, 0.3) is 15.9 Å². The molecule has 0 aliphatic rings. The van der Waals surface area contributed by atoms with E-state index in [1.807, 2.05) is 0 Å². The average Bonchev–Trinajstić information content (AvgIpc) is 2.66. The van der Waals surface area contributed by atoms with Crippen molar-refractivity contribution in [3.63, 3.8) is 0 Å². The van der Waals surface area contributed by atoms with Crippen LogP contribution in [0.4, 0.5) is 11.4 Å². The minimum absolute atomic E-state index is 0.0842. The van der Waals surface area contributed by atoms with Gasteiger partial charge < -0.3 is 5.32 Å². The first-order chi connectivity index (χ1) is 13.3. The van der Waals surface area contributed by atoms with E-state index in [1.165, 1.54) is 36.4 Å². The molecule has 144 valence electrons. The van der Waals surface area contributed by atoms with Crippen LogP contribution >= 0.6 is 34.8 Å². The molecule has 0 radical (unpaired) electrons. The van der Waals surface area contributed by atoms with Crippen LogP contribution in [0.25, 0.3) is 0 Å². The van der Waals surface area contributed by atoms with E-state index < -0.39 is 15.9 Å². The Kier molecular flexibility index (Phi) is 6.15. The molecule has 3 aromatic carbocycles. The number of hydrogen-bond donors (Lipinski definition) is 2. The van der Waals surface area contributed by atoms with Crippen LogP contribution < -0.4 is 10.0 Å². The van der Waals surface area contributed by atoms with Gasteiger partial charge in [-0.25, -0.2) is 8.42 Å². The largest absolute Gasteiger partial charge is 0.321 e. The lowest BCUT2D eigenvalue weighted by Gasteiger charge is -2.12. The Morgan fingerprint density at radius 1 is 0.821 bits per heavy atom. The van der Waals surface area contributed by atoms with Crippen molar-refractivity contribution in [2.75, 3.05) is 10.0 Å². The molecule has 0 bridgehead atoms. The van der Waals surface area contributed by atoms with Crippen molar-refractivity contribution in [1.29, 1.82) is 0 Å². The third-order valence-corrected chi connectivity index (χ3v) is 5.97. The number of carbonyl (C=O) groups is 1. The summed E-state index contributed by atoms with van der Waals surface area (Å²) in [6.07, 6.45) is 0. The Balaban J connectivity index is 1.86. The molecule has 0 atom stereocenters. The summed E-state index contributed by atoms with van der Waals surface area (Å²) < 4.78 is 27.4. The number of halogens is 3. The monoisotopic (exact) mass is 454 g/mol. The Bertz CT molecular complexity index is 1140. The number of rotatable bonds is 5. The van der Waals surface area contributed by atoms with Crippen LogP contribution in [0.2, 0.25) is 15.1 Å². The number of sulfonamides is 1. The maximum Gasteiger partial charge on any atom is 0.261 e. The molecule has 9 heteroatoms. The molecule has 3 rings (SSSR count). The van der Waals surface area contributed by atoms with Crippen molar-refractivity contribution < 1.29 is 13.2 Å². The van der Waals surface area contributed by atoms with E-state index in [0.29, 0.717) is 10.7 Å². The zero-order valence-electron chi connectivity index (χ0n) is 14.1. The van der Waals surface area contributed by atoms with Crippen LogP contribution in [0.5, 0.6) is 0 Å². The topological polar surface area (TPSA) is 75.3 Å². The number of anilines is 2. The number of hydrogen-bond acceptors (Lipinski definition) is 3. The van der Waals surface area contributed by atoms with E-state index in [1.54, 1.807) is 30.3 Å². The quantitative estimate of drug-likeness (QED) is 0.518. The number of nitrogens with one attached hydrogen (secondary N) is 2. The Morgan fingerprint density at radius 2 is 1.54 bits per heavy atom. The summed E-state index contributed by atoms with van der Waals surface area (Å²) in [6.45, 7) is 0. The Labute approximate surface area is 177 Å². The lowest BCUT2D eigenvalue weighted by molar-refractivity contribution is 0.102. The van der Waals surface area contributed by atoms with E-state index in [9.17, 15) is 13.2 Å². The van der Waals surface area contributed by atoms with Crippen molar-refractivity contribution in [1.82, 2.24) is 0 Å². The lowest BCUT2D eigenvalue weighted by atomic mass is 10.2. The van der Waals surface area contributed by atoms with E-state index in [0.717, 1.165) is 0 Å². The molecule has 5 nitrogen and oxygen atoms in total.